The molecule has 2 saturated carbocycles. The molecule has 4 rings (SSSR count). The van der Waals surface area contributed by atoms with Gasteiger partial charge in [0.2, 0.25) is 0 Å². The maximum atomic E-state index is 11.4. The van der Waals surface area contributed by atoms with E-state index in [-0.39, 0.29) is 19.4 Å². The van der Waals surface area contributed by atoms with Crippen molar-refractivity contribution in [3.63, 3.8) is 0 Å². The summed E-state index contributed by atoms with van der Waals surface area (Å²) in [7, 11) is 6.08. The second-order valence-corrected chi connectivity index (χ2v) is 16.2. The maximum absolute atomic E-state index is 11.4. The van der Waals surface area contributed by atoms with Crippen molar-refractivity contribution in [2.24, 2.45) is 22.7 Å². The van der Waals surface area contributed by atoms with E-state index in [9.17, 15) is 9.59 Å². The zero-order chi connectivity index (χ0) is 37.2. The molecule has 51 heavy (non-hydrogen) atoms. The third kappa shape index (κ3) is 13.3. The number of methoxy groups -OCH3 is 4. The summed E-state index contributed by atoms with van der Waals surface area (Å²) in [5.41, 5.74) is 18.3. The Kier molecular flexibility index (Phi) is 16.3. The first-order valence-electron chi connectivity index (χ1n) is 18.1. The van der Waals surface area contributed by atoms with E-state index in [1.54, 1.807) is 14.2 Å². The van der Waals surface area contributed by atoms with Gasteiger partial charge >= 0.3 is 11.9 Å². The lowest BCUT2D eigenvalue weighted by Crippen LogP contribution is -2.35. The number of ether oxygens (including phenoxy) is 4. The average Bonchev–Trinajstić information content (AvgIpc) is 3.02. The minimum absolute atomic E-state index is 0. The number of carbonyl (C=O) groups excluding carboxylic acids is 2. The molecule has 2 fully saturated rings. The molecule has 6 N–H and O–H groups in total. The lowest BCUT2D eigenvalue weighted by atomic mass is 9.70. The zero-order valence-corrected chi connectivity index (χ0v) is 32.3. The second-order valence-electron chi connectivity index (χ2n) is 16.2. The predicted octanol–water partition coefficient (Wildman–Crippen LogP) is 8.66. The Labute approximate surface area is 308 Å². The lowest BCUT2D eigenvalue weighted by Gasteiger charge is -2.39. The molecule has 0 amide bonds. The summed E-state index contributed by atoms with van der Waals surface area (Å²) >= 11 is 0. The highest BCUT2D eigenvalue weighted by atomic mass is 16.5. The maximum Gasteiger partial charge on any atom is 0.305 e. The van der Waals surface area contributed by atoms with Gasteiger partial charge < -0.3 is 41.0 Å². The molecular weight excluding hydrogens is 644 g/mol. The molecule has 2 aliphatic rings. The molecule has 2 aliphatic carbocycles. The van der Waals surface area contributed by atoms with E-state index in [4.69, 9.17) is 30.4 Å². The predicted molar refractivity (Wildman–Crippen MR) is 211 cm³/mol. The summed E-state index contributed by atoms with van der Waals surface area (Å²) in [6.07, 6.45) is 8.80. The van der Waals surface area contributed by atoms with Gasteiger partial charge in [-0.1, -0.05) is 49.0 Å². The highest BCUT2D eigenvalue weighted by Gasteiger charge is 2.33. The molecular formula is C41H68N4O6. The monoisotopic (exact) mass is 713 g/mol. The first kappa shape index (κ1) is 43.3. The number of nitrogen functional groups attached to an aromatic ring is 2. The molecule has 0 bridgehead atoms. The molecule has 0 aromatic heterocycles. The minimum Gasteiger partial charge on any atom is -0.496 e. The molecule has 0 radical (unpaired) electrons. The summed E-state index contributed by atoms with van der Waals surface area (Å²) in [5, 5.41) is 7.23. The third-order valence-corrected chi connectivity index (χ3v) is 10.1. The number of esters is 2. The summed E-state index contributed by atoms with van der Waals surface area (Å²) in [6, 6.07) is 8.53. The largest absolute Gasteiger partial charge is 0.496 e. The number of carbonyl (C=O) groups is 2. The van der Waals surface area contributed by atoms with Gasteiger partial charge in [0.25, 0.3) is 0 Å². The number of anilines is 4. The van der Waals surface area contributed by atoms with Crippen LogP contribution in [0.2, 0.25) is 0 Å². The van der Waals surface area contributed by atoms with Crippen LogP contribution in [0.1, 0.15) is 111 Å². The van der Waals surface area contributed by atoms with Crippen LogP contribution in [0.15, 0.2) is 24.3 Å². The van der Waals surface area contributed by atoms with Crippen molar-refractivity contribution in [1.82, 2.24) is 0 Å². The van der Waals surface area contributed by atoms with E-state index >= 15 is 0 Å². The van der Waals surface area contributed by atoms with Gasteiger partial charge in [-0.05, 0) is 97.3 Å². The first-order valence-corrected chi connectivity index (χ1v) is 18.1. The van der Waals surface area contributed by atoms with Crippen molar-refractivity contribution in [2.45, 2.75) is 125 Å². The molecule has 10 nitrogen and oxygen atoms in total. The highest BCUT2D eigenvalue weighted by Crippen LogP contribution is 2.42. The minimum atomic E-state index is -0.235. The molecule has 2 aromatic carbocycles. The summed E-state index contributed by atoms with van der Waals surface area (Å²) < 4.78 is 20.4. The molecule has 10 heteroatoms. The SMILES string of the molecule is C.COC(=O)CCc1cc(N)c(N[C@@H]2C[C@H](C)CC(C)(C)C2)cc1OC.COC(=O)CCc1cc(N)c(N[C@H]2C[C@@H](C)CC(C)(C)C2)cc1OC. The summed E-state index contributed by atoms with van der Waals surface area (Å²) in [5.74, 6) is 2.43. The summed E-state index contributed by atoms with van der Waals surface area (Å²) in [4.78, 5) is 22.8. The van der Waals surface area contributed by atoms with Crippen LogP contribution in [0.4, 0.5) is 22.7 Å². The number of aryl methyl sites for hydroxylation is 2. The molecule has 4 atom stereocenters. The highest BCUT2D eigenvalue weighted by molar-refractivity contribution is 5.74. The Balaban J connectivity index is 0.000000347. The van der Waals surface area contributed by atoms with Crippen LogP contribution in [-0.2, 0) is 31.9 Å². The first-order chi connectivity index (χ1) is 23.5. The van der Waals surface area contributed by atoms with Crippen molar-refractivity contribution < 1.29 is 28.5 Å². The van der Waals surface area contributed by atoms with Crippen LogP contribution in [0.25, 0.3) is 0 Å². The van der Waals surface area contributed by atoms with E-state index in [1.165, 1.54) is 27.1 Å². The van der Waals surface area contributed by atoms with Gasteiger partial charge in [0.15, 0.2) is 0 Å². The van der Waals surface area contributed by atoms with Gasteiger partial charge in [-0.3, -0.25) is 9.59 Å². The van der Waals surface area contributed by atoms with Crippen molar-refractivity contribution in [3.05, 3.63) is 35.4 Å². The fourth-order valence-corrected chi connectivity index (χ4v) is 8.34. The molecule has 0 saturated heterocycles. The zero-order valence-electron chi connectivity index (χ0n) is 32.3. The van der Waals surface area contributed by atoms with Crippen molar-refractivity contribution in [2.75, 3.05) is 50.5 Å². The Hall–Kier alpha value is -3.82. The molecule has 0 aliphatic heterocycles. The topological polar surface area (TPSA) is 147 Å². The normalized spacial score (nSPS) is 21.8. The Morgan fingerprint density at radius 3 is 1.31 bits per heavy atom. The number of rotatable bonds is 12. The molecule has 2 aromatic rings. The fourth-order valence-electron chi connectivity index (χ4n) is 8.34. The van der Waals surface area contributed by atoms with E-state index in [1.807, 2.05) is 24.3 Å². The van der Waals surface area contributed by atoms with Crippen molar-refractivity contribution >= 4 is 34.7 Å². The van der Waals surface area contributed by atoms with Crippen LogP contribution in [0, 0.1) is 22.7 Å². The number of hydrogen-bond donors (Lipinski definition) is 4. The summed E-state index contributed by atoms with van der Waals surface area (Å²) in [6.45, 7) is 14.0. The number of hydrogen-bond acceptors (Lipinski definition) is 10. The Bertz CT molecular complexity index is 1330. The van der Waals surface area contributed by atoms with Crippen molar-refractivity contribution in [3.8, 4) is 11.5 Å². The van der Waals surface area contributed by atoms with Crippen LogP contribution in [0.5, 0.6) is 11.5 Å². The van der Waals surface area contributed by atoms with Gasteiger partial charge in [0.05, 0.1) is 51.2 Å². The van der Waals surface area contributed by atoms with E-state index in [0.29, 0.717) is 71.8 Å². The molecule has 288 valence electrons. The lowest BCUT2D eigenvalue weighted by molar-refractivity contribution is -0.141. The number of benzene rings is 2. The van der Waals surface area contributed by atoms with Gasteiger partial charge in [-0.15, -0.1) is 0 Å². The average molecular weight is 713 g/mol. The Morgan fingerprint density at radius 1 is 0.667 bits per heavy atom. The van der Waals surface area contributed by atoms with Crippen LogP contribution in [-0.4, -0.2) is 52.5 Å². The standard InChI is InChI=1S/2C20H32N2O3.CH4/c2*1-13-8-15(12-20(2,3)11-13)22-17-10-18(24-4)14(9-16(17)21)6-7-19(23)25-5;/h2*9-10,13,15,22H,6-8,11-12,21H2,1-5H3;1H4/t2*13-,15+;/m10./s1. The quantitative estimate of drug-likeness (QED) is 0.125. The van der Waals surface area contributed by atoms with Crippen LogP contribution in [0.3, 0.4) is 0 Å². The Morgan fingerprint density at radius 2 is 1.02 bits per heavy atom. The van der Waals surface area contributed by atoms with Crippen LogP contribution >= 0.6 is 0 Å². The fraction of sp³-hybridized carbons (Fsp3) is 0.659. The van der Waals surface area contributed by atoms with E-state index in [0.717, 1.165) is 59.7 Å². The second kappa shape index (κ2) is 19.1. The number of nitrogens with two attached hydrogens (primary N) is 2. The van der Waals surface area contributed by atoms with Gasteiger partial charge in [0, 0.05) is 37.1 Å². The van der Waals surface area contributed by atoms with Crippen molar-refractivity contribution in [1.29, 1.82) is 0 Å². The number of nitrogens with one attached hydrogen (secondary N) is 2. The van der Waals surface area contributed by atoms with Gasteiger partial charge in [0.1, 0.15) is 11.5 Å². The van der Waals surface area contributed by atoms with Gasteiger partial charge in [-0.2, -0.15) is 0 Å². The third-order valence-electron chi connectivity index (χ3n) is 10.1. The molecule has 0 spiro atoms. The van der Waals surface area contributed by atoms with E-state index in [2.05, 4.69) is 52.2 Å². The van der Waals surface area contributed by atoms with Crippen LogP contribution < -0.4 is 31.6 Å². The van der Waals surface area contributed by atoms with Gasteiger partial charge in [-0.25, -0.2) is 0 Å². The molecule has 0 heterocycles. The smallest absolute Gasteiger partial charge is 0.305 e. The molecule has 0 unspecified atom stereocenters. The van der Waals surface area contributed by atoms with E-state index < -0.39 is 0 Å².